The number of imidazole rings is 2. The van der Waals surface area contributed by atoms with Gasteiger partial charge in [0.2, 0.25) is 11.8 Å². The van der Waals surface area contributed by atoms with Gasteiger partial charge in [0.15, 0.2) is 11.6 Å². The molecule has 0 saturated carbocycles. The molecule has 3 aromatic carbocycles. The number of likely N-dealkylation sites (tertiary alicyclic amines) is 1. The van der Waals surface area contributed by atoms with E-state index in [0.717, 1.165) is 52.6 Å². The number of aromatic amines is 2. The summed E-state index contributed by atoms with van der Waals surface area (Å²) in [7, 11) is 2.51. The highest BCUT2D eigenvalue weighted by Crippen LogP contribution is 2.49. The summed E-state index contributed by atoms with van der Waals surface area (Å²) in [6.07, 6.45) is 5.36. The second-order valence-electron chi connectivity index (χ2n) is 19.4. The number of amides is 4. The number of methoxy groups -OCH3 is 2. The lowest BCUT2D eigenvalue weighted by atomic mass is 9.92. The quantitative estimate of drug-likeness (QED) is 0.0769. The normalized spacial score (nSPS) is 18.8. The first-order chi connectivity index (χ1) is 34.8. The Labute approximate surface area is 417 Å². The SMILES string of the molecule is CCCN(Cc1nc2ccc([C@H]3CC[C@H](c4ccc5nc([C@@H]6CCCN6C(=O)C(NC(=O)OC)C(C)C)[nH]c5c4)N3c3cc(F)c(N4CCC(c5ccccn5)CC4)c(F)c3)cc2[nH]1)C(=O)CNC(=O)OC. The van der Waals surface area contributed by atoms with Crippen LogP contribution in [0.15, 0.2) is 72.9 Å². The third-order valence-electron chi connectivity index (χ3n) is 14.5. The van der Waals surface area contributed by atoms with Crippen LogP contribution in [0.25, 0.3) is 22.1 Å². The predicted molar refractivity (Wildman–Crippen MR) is 268 cm³/mol. The van der Waals surface area contributed by atoms with E-state index in [1.54, 1.807) is 16.0 Å². The van der Waals surface area contributed by atoms with E-state index in [2.05, 4.69) is 35.2 Å². The Balaban J connectivity index is 1.02. The number of hydrogen-bond acceptors (Lipinski definition) is 11. The minimum absolute atomic E-state index is 0.0276. The van der Waals surface area contributed by atoms with Gasteiger partial charge in [0.1, 0.15) is 29.9 Å². The number of aromatic nitrogens is 5. The third-order valence-corrected chi connectivity index (χ3v) is 14.5. The number of benzene rings is 3. The number of anilines is 2. The van der Waals surface area contributed by atoms with Crippen LogP contribution in [0.2, 0.25) is 0 Å². The van der Waals surface area contributed by atoms with Crippen LogP contribution in [0.5, 0.6) is 0 Å². The lowest BCUT2D eigenvalue weighted by molar-refractivity contribution is -0.135. The molecule has 0 spiro atoms. The number of hydrogen-bond donors (Lipinski definition) is 4. The number of halogens is 2. The van der Waals surface area contributed by atoms with Crippen molar-refractivity contribution in [2.75, 3.05) is 56.7 Å². The summed E-state index contributed by atoms with van der Waals surface area (Å²) in [6, 6.07) is 19.0. The van der Waals surface area contributed by atoms with E-state index in [0.29, 0.717) is 74.7 Å². The van der Waals surface area contributed by atoms with E-state index in [-0.39, 0.29) is 60.6 Å². The molecule has 3 fully saturated rings. The summed E-state index contributed by atoms with van der Waals surface area (Å²) in [5, 5.41) is 5.17. The predicted octanol–water partition coefficient (Wildman–Crippen LogP) is 8.72. The van der Waals surface area contributed by atoms with E-state index < -0.39 is 29.9 Å². The molecule has 3 aliphatic rings. The maximum atomic E-state index is 16.7. The van der Waals surface area contributed by atoms with Crippen LogP contribution >= 0.6 is 0 Å². The van der Waals surface area contributed by atoms with Crippen LogP contribution in [-0.4, -0.2) is 112 Å². The largest absolute Gasteiger partial charge is 0.453 e. The standard InChI is InChI=1S/C53H63F2N11O6/c1-6-21-64(47(67)29-57-52(69)71-4)30-46-58-39-14-12-33(25-41(39)59-46)43-16-17-44(66(43)35-27-36(54)49(37(55)28-35)63-23-18-32(19-24-63)38-10-7-8-20-56-38)34-13-15-40-42(26-34)61-50(60-40)45-11-9-22-65(45)51(68)48(31(2)3)62-53(70)72-5/h7-8,10,12-15,20,25-28,31-32,43-45,48H,6,9,11,16-19,21-24,29-30H2,1-5H3,(H,57,69)(H,58,59)(H,60,61)(H,62,70)/t43-,44-,45+,48?/m1/s1. The molecule has 0 radical (unpaired) electrons. The van der Waals surface area contributed by atoms with Crippen molar-refractivity contribution in [1.82, 2.24) is 45.4 Å². The number of rotatable bonds is 15. The molecule has 72 heavy (non-hydrogen) atoms. The highest BCUT2D eigenvalue weighted by molar-refractivity contribution is 5.87. The van der Waals surface area contributed by atoms with Gasteiger partial charge in [0.05, 0.1) is 61.0 Å². The number of ether oxygens (including phenoxy) is 2. The van der Waals surface area contributed by atoms with Crippen LogP contribution in [0.4, 0.5) is 29.7 Å². The van der Waals surface area contributed by atoms with Crippen molar-refractivity contribution in [3.8, 4) is 0 Å². The van der Waals surface area contributed by atoms with Crippen LogP contribution in [0, 0.1) is 17.6 Å². The molecule has 17 nitrogen and oxygen atoms in total. The van der Waals surface area contributed by atoms with Crippen molar-refractivity contribution in [1.29, 1.82) is 0 Å². The third kappa shape index (κ3) is 10.4. The minimum Gasteiger partial charge on any atom is -0.453 e. The average Bonchev–Trinajstić information content (AvgIpc) is 4.22. The molecule has 380 valence electrons. The maximum Gasteiger partial charge on any atom is 0.407 e. The molecule has 0 bridgehead atoms. The van der Waals surface area contributed by atoms with Gasteiger partial charge >= 0.3 is 12.2 Å². The Morgan fingerprint density at radius 1 is 0.806 bits per heavy atom. The van der Waals surface area contributed by atoms with Gasteiger partial charge in [0, 0.05) is 49.7 Å². The van der Waals surface area contributed by atoms with Gasteiger partial charge in [-0.2, -0.15) is 0 Å². The van der Waals surface area contributed by atoms with E-state index >= 15 is 8.78 Å². The van der Waals surface area contributed by atoms with Crippen LogP contribution < -0.4 is 20.4 Å². The van der Waals surface area contributed by atoms with Crippen molar-refractivity contribution < 1.29 is 37.4 Å². The molecule has 9 rings (SSSR count). The molecule has 3 saturated heterocycles. The fourth-order valence-electron chi connectivity index (χ4n) is 10.9. The van der Waals surface area contributed by atoms with Crippen LogP contribution in [0.1, 0.15) is 118 Å². The topological polar surface area (TPSA) is 194 Å². The smallest absolute Gasteiger partial charge is 0.407 e. The molecule has 6 heterocycles. The Hall–Kier alpha value is -7.31. The molecule has 4 atom stereocenters. The summed E-state index contributed by atoms with van der Waals surface area (Å²) in [5.74, 6) is -0.478. The number of carbonyl (C=O) groups excluding carboxylic acids is 4. The van der Waals surface area contributed by atoms with Gasteiger partial charge in [-0.15, -0.1) is 0 Å². The summed E-state index contributed by atoms with van der Waals surface area (Å²) in [4.78, 5) is 79.5. The monoisotopic (exact) mass is 987 g/mol. The first kappa shape index (κ1) is 49.7. The number of H-pyrrole nitrogens is 2. The fourth-order valence-corrected chi connectivity index (χ4v) is 10.9. The van der Waals surface area contributed by atoms with Crippen molar-refractivity contribution in [3.05, 3.63) is 113 Å². The molecular weight excluding hydrogens is 925 g/mol. The molecule has 4 N–H and O–H groups in total. The summed E-state index contributed by atoms with van der Waals surface area (Å²) in [6.45, 7) is 7.66. The molecule has 1 unspecified atom stereocenters. The van der Waals surface area contributed by atoms with Crippen LogP contribution in [-0.2, 0) is 25.6 Å². The zero-order valence-electron chi connectivity index (χ0n) is 41.4. The molecule has 0 aliphatic carbocycles. The van der Waals surface area contributed by atoms with Gasteiger partial charge in [0.25, 0.3) is 0 Å². The molecule has 3 aliphatic heterocycles. The first-order valence-corrected chi connectivity index (χ1v) is 25.0. The van der Waals surface area contributed by atoms with Gasteiger partial charge in [-0.3, -0.25) is 14.6 Å². The van der Waals surface area contributed by atoms with E-state index in [1.165, 1.54) is 26.4 Å². The molecular formula is C53H63F2N11O6. The van der Waals surface area contributed by atoms with Crippen molar-refractivity contribution >= 4 is 57.4 Å². The fraction of sp³-hybridized carbons (Fsp3) is 0.453. The lowest BCUT2D eigenvalue weighted by Gasteiger charge is -2.36. The van der Waals surface area contributed by atoms with E-state index in [9.17, 15) is 19.2 Å². The number of carbonyl (C=O) groups is 4. The van der Waals surface area contributed by atoms with Gasteiger partial charge in [-0.1, -0.05) is 39.0 Å². The molecule has 6 aromatic rings. The number of nitrogens with one attached hydrogen (secondary N) is 4. The second-order valence-corrected chi connectivity index (χ2v) is 19.4. The Kier molecular flexibility index (Phi) is 14.9. The van der Waals surface area contributed by atoms with Crippen molar-refractivity contribution in [2.45, 2.75) is 102 Å². The number of fused-ring (bicyclic) bond motifs is 2. The van der Waals surface area contributed by atoms with Gasteiger partial charge < -0.3 is 49.7 Å². The van der Waals surface area contributed by atoms with E-state index in [4.69, 9.17) is 14.7 Å². The van der Waals surface area contributed by atoms with Crippen molar-refractivity contribution in [3.63, 3.8) is 0 Å². The highest BCUT2D eigenvalue weighted by atomic mass is 19.1. The Morgan fingerprint density at radius 2 is 1.47 bits per heavy atom. The Bertz CT molecular complexity index is 2900. The number of piperidine rings is 1. The lowest BCUT2D eigenvalue weighted by Crippen LogP contribution is -2.51. The summed E-state index contributed by atoms with van der Waals surface area (Å²) >= 11 is 0. The summed E-state index contributed by atoms with van der Waals surface area (Å²) < 4.78 is 42.9. The zero-order chi connectivity index (χ0) is 50.6. The number of nitrogens with zero attached hydrogens (tertiary/aromatic N) is 7. The maximum absolute atomic E-state index is 16.7. The summed E-state index contributed by atoms with van der Waals surface area (Å²) in [5.41, 5.74) is 6.15. The molecule has 4 amide bonds. The molecule has 19 heteroatoms. The number of alkyl carbamates (subject to hydrolysis) is 2. The highest BCUT2D eigenvalue weighted by Gasteiger charge is 2.40. The second kappa shape index (κ2) is 21.6. The van der Waals surface area contributed by atoms with Crippen LogP contribution in [0.3, 0.4) is 0 Å². The van der Waals surface area contributed by atoms with E-state index in [1.807, 2.05) is 80.3 Å². The number of pyridine rings is 1. The minimum atomic E-state index is -0.769. The van der Waals surface area contributed by atoms with Crippen molar-refractivity contribution in [2.24, 2.45) is 5.92 Å². The average molecular weight is 988 g/mol. The first-order valence-electron chi connectivity index (χ1n) is 25.0. The Morgan fingerprint density at radius 3 is 2.10 bits per heavy atom. The molecule has 3 aromatic heterocycles. The van der Waals surface area contributed by atoms with Gasteiger partial charge in [-0.05, 0) is 111 Å². The van der Waals surface area contributed by atoms with Gasteiger partial charge in [-0.25, -0.2) is 28.3 Å². The zero-order valence-corrected chi connectivity index (χ0v) is 41.4.